The number of aliphatic hydroxyl groups excluding tert-OH is 1. The standard InChI is InChI=1S/C54H92I2N10O11/c1-9-12-13-14-15-16-17-18-19-20-21-25-41(68)59-30-43(70)63-46(34(7)11-3)53(76)64-44(32(4)5)52(75)66-47(35(8)67)54(77)62-40(29-36-27-37(55)48(71)38(56)28-36)50(73)60-31-42(69)61-39(24-22-23-26-57)51(74)65-45(49(58)72)33(6)10-2/h27-28,32-35,39-40,44-47,67,71H,9-26,29-31,57H2,1-8H3,(H2,58,72)(H,59,68)(H,60,73)(H,61,69)(H,62,77)(H,63,70)(H,64,76)(H,65,74)(H,66,75)/t33-,34-,35+,39-,40-,44-,45-,46-,47-/m0/s1. The second-order valence-corrected chi connectivity index (χ2v) is 22.8. The molecule has 0 saturated carbocycles. The average molecular weight is 1310 g/mol. The quantitative estimate of drug-likeness (QED) is 0.0331. The molecule has 0 fully saturated rings. The summed E-state index contributed by atoms with van der Waals surface area (Å²) in [5, 5.41) is 42.2. The summed E-state index contributed by atoms with van der Waals surface area (Å²) in [5.74, 6) is -7.66. The second-order valence-electron chi connectivity index (χ2n) is 20.5. The van der Waals surface area contributed by atoms with Gasteiger partial charge in [0.05, 0.1) is 26.3 Å². The van der Waals surface area contributed by atoms with Gasteiger partial charge >= 0.3 is 0 Å². The predicted molar refractivity (Wildman–Crippen MR) is 313 cm³/mol. The molecule has 0 aliphatic rings. The first kappa shape index (κ1) is 70.6. The zero-order chi connectivity index (χ0) is 58.2. The van der Waals surface area contributed by atoms with E-state index in [4.69, 9.17) is 11.5 Å². The number of aliphatic hydroxyl groups is 1. The highest BCUT2D eigenvalue weighted by atomic mass is 127. The van der Waals surface area contributed by atoms with Crippen LogP contribution in [0.3, 0.4) is 0 Å². The van der Waals surface area contributed by atoms with Crippen LogP contribution in [0, 0.1) is 24.9 Å². The number of hydrogen-bond donors (Lipinski definition) is 12. The number of nitrogens with two attached hydrogens (primary N) is 2. The molecule has 9 amide bonds. The van der Waals surface area contributed by atoms with Crippen LogP contribution in [-0.4, -0.2) is 125 Å². The van der Waals surface area contributed by atoms with Crippen LogP contribution in [0.5, 0.6) is 5.75 Å². The molecule has 0 saturated heterocycles. The van der Waals surface area contributed by atoms with Crippen molar-refractivity contribution in [1.29, 1.82) is 0 Å². The Kier molecular flexibility index (Phi) is 35.8. The molecule has 0 bridgehead atoms. The molecule has 77 heavy (non-hydrogen) atoms. The van der Waals surface area contributed by atoms with Gasteiger partial charge in [0.2, 0.25) is 53.2 Å². The highest BCUT2D eigenvalue weighted by Gasteiger charge is 2.36. The fraction of sp³-hybridized carbons (Fsp3) is 0.722. The smallest absolute Gasteiger partial charge is 0.245 e. The predicted octanol–water partition coefficient (Wildman–Crippen LogP) is 3.73. The van der Waals surface area contributed by atoms with Gasteiger partial charge in [-0.2, -0.15) is 0 Å². The largest absolute Gasteiger partial charge is 0.506 e. The molecule has 0 radical (unpaired) electrons. The summed E-state index contributed by atoms with van der Waals surface area (Å²) in [4.78, 5) is 121. The van der Waals surface area contributed by atoms with Gasteiger partial charge in [0.25, 0.3) is 0 Å². The Hall–Kier alpha value is -4.37. The molecule has 23 heteroatoms. The monoisotopic (exact) mass is 1310 g/mol. The van der Waals surface area contributed by atoms with Crippen LogP contribution in [-0.2, 0) is 49.6 Å². The molecule has 0 aromatic heterocycles. The lowest BCUT2D eigenvalue weighted by Crippen LogP contribution is -2.62. The molecule has 0 unspecified atom stereocenters. The highest BCUT2D eigenvalue weighted by molar-refractivity contribution is 14.1. The van der Waals surface area contributed by atoms with Crippen molar-refractivity contribution < 1.29 is 53.4 Å². The summed E-state index contributed by atoms with van der Waals surface area (Å²) >= 11 is 3.82. The van der Waals surface area contributed by atoms with Gasteiger partial charge in [0.1, 0.15) is 42.0 Å². The average Bonchev–Trinajstić information content (AvgIpc) is 3.38. The minimum Gasteiger partial charge on any atom is -0.506 e. The summed E-state index contributed by atoms with van der Waals surface area (Å²) in [7, 11) is 0. The third-order valence-electron chi connectivity index (χ3n) is 13.6. The Balaban J connectivity index is 3.17. The maximum absolute atomic E-state index is 14.1. The lowest BCUT2D eigenvalue weighted by Gasteiger charge is -2.30. The highest BCUT2D eigenvalue weighted by Crippen LogP contribution is 2.28. The Labute approximate surface area is 484 Å². The first-order chi connectivity index (χ1) is 36.4. The van der Waals surface area contributed by atoms with E-state index in [2.05, 4.69) is 49.5 Å². The molecular weight excluding hydrogens is 1220 g/mol. The van der Waals surface area contributed by atoms with E-state index in [1.807, 2.05) is 59.0 Å². The van der Waals surface area contributed by atoms with Crippen LogP contribution in [0.2, 0.25) is 0 Å². The number of amides is 9. The van der Waals surface area contributed by atoms with Crippen molar-refractivity contribution in [1.82, 2.24) is 42.5 Å². The molecule has 438 valence electrons. The van der Waals surface area contributed by atoms with E-state index in [9.17, 15) is 53.4 Å². The van der Waals surface area contributed by atoms with Gasteiger partial charge in [-0.25, -0.2) is 0 Å². The Morgan fingerprint density at radius 2 is 1.01 bits per heavy atom. The number of unbranched alkanes of at least 4 members (excludes halogenated alkanes) is 11. The molecule has 21 nitrogen and oxygen atoms in total. The van der Waals surface area contributed by atoms with Crippen LogP contribution in [0.15, 0.2) is 12.1 Å². The van der Waals surface area contributed by atoms with E-state index in [0.717, 1.165) is 19.3 Å². The summed E-state index contributed by atoms with van der Waals surface area (Å²) in [5.41, 5.74) is 11.7. The molecule has 0 aliphatic carbocycles. The number of carbonyl (C=O) groups excluding carboxylic acids is 9. The minimum absolute atomic E-state index is 0.00302. The van der Waals surface area contributed by atoms with Gasteiger partial charge in [-0.05, 0) is 120 Å². The van der Waals surface area contributed by atoms with Crippen molar-refractivity contribution in [3.63, 3.8) is 0 Å². The van der Waals surface area contributed by atoms with Gasteiger partial charge < -0.3 is 64.2 Å². The van der Waals surface area contributed by atoms with Crippen LogP contribution in [0.1, 0.15) is 170 Å². The molecule has 9 atom stereocenters. The molecule has 14 N–H and O–H groups in total. The number of halogens is 2. The van der Waals surface area contributed by atoms with Crippen molar-refractivity contribution in [2.45, 2.75) is 213 Å². The van der Waals surface area contributed by atoms with Crippen molar-refractivity contribution in [2.24, 2.45) is 29.2 Å². The number of carbonyl (C=O) groups is 9. The lowest BCUT2D eigenvalue weighted by atomic mass is 9.96. The zero-order valence-corrected chi connectivity index (χ0v) is 51.1. The number of phenols is 1. The third kappa shape index (κ3) is 27.9. The molecule has 0 spiro atoms. The lowest BCUT2D eigenvalue weighted by molar-refractivity contribution is -0.137. The number of aromatic hydroxyl groups is 1. The van der Waals surface area contributed by atoms with Gasteiger partial charge in [-0.3, -0.25) is 43.2 Å². The normalized spacial score (nSPS) is 14.8. The van der Waals surface area contributed by atoms with Crippen molar-refractivity contribution in [3.8, 4) is 5.75 Å². The van der Waals surface area contributed by atoms with Gasteiger partial charge in [-0.15, -0.1) is 0 Å². The SMILES string of the molecule is CCCCCCCCCCCCCC(=O)NCC(=O)N[C@H](C(=O)N[C@H](C(=O)N[C@H](C(=O)N[C@@H](Cc1cc(I)c(O)c(I)c1)C(=O)NCC(=O)N[C@@H](CCCCN)C(=O)N[C@H](C(N)=O)[C@@H](C)CC)[C@@H](C)O)C(C)C)[C@@H](C)CC. The minimum atomic E-state index is -1.68. The molecule has 1 rings (SSSR count). The van der Waals surface area contributed by atoms with Crippen LogP contribution in [0.25, 0.3) is 0 Å². The number of benzene rings is 1. The summed E-state index contributed by atoms with van der Waals surface area (Å²) in [6.07, 6.45) is 13.3. The second kappa shape index (κ2) is 39.1. The number of nitrogens with one attached hydrogen (secondary N) is 8. The topological polar surface area (TPSA) is 342 Å². The summed E-state index contributed by atoms with van der Waals surface area (Å²) < 4.78 is 0.895. The van der Waals surface area contributed by atoms with E-state index in [0.29, 0.717) is 51.4 Å². The van der Waals surface area contributed by atoms with Crippen LogP contribution >= 0.6 is 45.2 Å². The van der Waals surface area contributed by atoms with Gasteiger partial charge in [-0.1, -0.05) is 126 Å². The van der Waals surface area contributed by atoms with E-state index in [1.165, 1.54) is 51.9 Å². The molecule has 1 aromatic rings. The summed E-state index contributed by atoms with van der Waals surface area (Å²) in [6.45, 7) is 13.3. The van der Waals surface area contributed by atoms with Gasteiger partial charge in [0, 0.05) is 12.8 Å². The third-order valence-corrected chi connectivity index (χ3v) is 15.2. The molecular formula is C54H92I2N10O11. The zero-order valence-electron chi connectivity index (χ0n) is 46.8. The Morgan fingerprint density at radius 1 is 0.532 bits per heavy atom. The fourth-order valence-electron chi connectivity index (χ4n) is 8.29. The molecule has 0 aliphatic heterocycles. The van der Waals surface area contributed by atoms with E-state index < -0.39 is 108 Å². The number of rotatable bonds is 40. The molecule has 1 aromatic carbocycles. The van der Waals surface area contributed by atoms with E-state index in [1.54, 1.807) is 39.8 Å². The summed E-state index contributed by atoms with van der Waals surface area (Å²) in [6, 6.07) is -4.41. The first-order valence-corrected chi connectivity index (χ1v) is 29.8. The van der Waals surface area contributed by atoms with Crippen molar-refractivity contribution >= 4 is 98.3 Å². The number of primary amides is 1. The van der Waals surface area contributed by atoms with E-state index >= 15 is 0 Å². The first-order valence-electron chi connectivity index (χ1n) is 27.6. The van der Waals surface area contributed by atoms with Crippen LogP contribution < -0.4 is 54.0 Å². The number of phenolic OH excluding ortho intramolecular Hbond substituents is 1. The number of hydrogen-bond acceptors (Lipinski definition) is 12. The van der Waals surface area contributed by atoms with E-state index in [-0.39, 0.29) is 43.4 Å². The van der Waals surface area contributed by atoms with Gasteiger partial charge in [0.15, 0.2) is 0 Å². The Bertz CT molecular complexity index is 2020. The fourth-order valence-corrected chi connectivity index (χ4v) is 10.2. The maximum atomic E-state index is 14.1. The Morgan fingerprint density at radius 3 is 1.53 bits per heavy atom. The molecule has 0 heterocycles. The van der Waals surface area contributed by atoms with Crippen molar-refractivity contribution in [2.75, 3.05) is 19.6 Å². The van der Waals surface area contributed by atoms with Crippen LogP contribution in [0.4, 0.5) is 0 Å². The maximum Gasteiger partial charge on any atom is 0.245 e. The van der Waals surface area contributed by atoms with Crippen molar-refractivity contribution in [3.05, 3.63) is 24.8 Å².